The maximum atomic E-state index is 13.1. The number of carbonyl (C=O) groups is 2. The normalized spacial score (nSPS) is 21.6. The molecule has 0 saturated carbocycles. The molecule has 5 nitrogen and oxygen atoms in total. The molecule has 29 heavy (non-hydrogen) atoms. The van der Waals surface area contributed by atoms with E-state index in [9.17, 15) is 14.7 Å². The van der Waals surface area contributed by atoms with E-state index in [4.69, 9.17) is 4.74 Å². The summed E-state index contributed by atoms with van der Waals surface area (Å²) in [4.78, 5) is 25.5. The van der Waals surface area contributed by atoms with Crippen molar-refractivity contribution < 1.29 is 19.4 Å². The van der Waals surface area contributed by atoms with Gasteiger partial charge in [-0.15, -0.1) is 0 Å². The first-order valence-corrected chi connectivity index (χ1v) is 10.0. The Labute approximate surface area is 170 Å². The van der Waals surface area contributed by atoms with Crippen LogP contribution in [-0.2, 0) is 16.0 Å². The highest BCUT2D eigenvalue weighted by Gasteiger charge is 2.38. The number of benzene rings is 2. The van der Waals surface area contributed by atoms with E-state index in [0.29, 0.717) is 24.2 Å². The molecular weight excluding hydrogens is 366 g/mol. The largest absolute Gasteiger partial charge is 0.504 e. The molecule has 2 aromatic carbocycles. The minimum Gasteiger partial charge on any atom is -0.504 e. The number of allylic oxidation sites excluding steroid dienone is 2. The molecule has 1 heterocycles. The van der Waals surface area contributed by atoms with Gasteiger partial charge in [0.25, 0.3) is 0 Å². The van der Waals surface area contributed by atoms with Gasteiger partial charge in [0.1, 0.15) is 0 Å². The molecule has 2 N–H and O–H groups in total. The number of nitrogens with one attached hydrogen (secondary N) is 1. The first-order valence-electron chi connectivity index (χ1n) is 10.0. The summed E-state index contributed by atoms with van der Waals surface area (Å²) in [6.07, 6.45) is 2.24. The van der Waals surface area contributed by atoms with Crippen LogP contribution in [0.1, 0.15) is 54.7 Å². The number of aromatic hydroxyl groups is 1. The Kier molecular flexibility index (Phi) is 5.14. The minimum atomic E-state index is -0.341. The summed E-state index contributed by atoms with van der Waals surface area (Å²) in [5.41, 5.74) is 4.55. The van der Waals surface area contributed by atoms with Crippen LogP contribution in [-0.4, -0.2) is 23.9 Å². The van der Waals surface area contributed by atoms with Crippen molar-refractivity contribution in [3.05, 3.63) is 70.4 Å². The number of hydrogen-bond acceptors (Lipinski definition) is 4. The molecule has 0 radical (unpaired) electrons. The second-order valence-electron chi connectivity index (χ2n) is 7.75. The molecule has 2 unspecified atom stereocenters. The highest BCUT2D eigenvalue weighted by Crippen LogP contribution is 2.43. The summed E-state index contributed by atoms with van der Waals surface area (Å²) >= 11 is 0. The molecular formula is C24H25NO4. The van der Waals surface area contributed by atoms with Crippen molar-refractivity contribution in [3.8, 4) is 11.5 Å². The fourth-order valence-corrected chi connectivity index (χ4v) is 4.43. The lowest BCUT2D eigenvalue weighted by Gasteiger charge is -2.34. The van der Waals surface area contributed by atoms with Gasteiger partial charge in [0.05, 0.1) is 7.11 Å². The molecule has 0 aromatic heterocycles. The van der Waals surface area contributed by atoms with Crippen LogP contribution in [0.3, 0.4) is 0 Å². The van der Waals surface area contributed by atoms with Gasteiger partial charge in [0.2, 0.25) is 5.91 Å². The molecule has 1 aliphatic carbocycles. The van der Waals surface area contributed by atoms with Gasteiger partial charge in [-0.3, -0.25) is 9.59 Å². The molecule has 5 heteroatoms. The Balaban J connectivity index is 1.68. The van der Waals surface area contributed by atoms with Crippen LogP contribution >= 0.6 is 0 Å². The van der Waals surface area contributed by atoms with Gasteiger partial charge >= 0.3 is 0 Å². The SMILES string of the molecule is CCc1ccc(C2CC(=O)C3=C(C2)NC(=O)CC3c2ccc(OC)c(O)c2)cc1. The maximum absolute atomic E-state index is 13.1. The lowest BCUT2D eigenvalue weighted by atomic mass is 9.73. The van der Waals surface area contributed by atoms with Crippen LogP contribution < -0.4 is 10.1 Å². The van der Waals surface area contributed by atoms with Crippen LogP contribution in [0.15, 0.2) is 53.7 Å². The molecule has 2 aliphatic rings. The Hall–Kier alpha value is -3.08. The van der Waals surface area contributed by atoms with Crippen LogP contribution in [0, 0.1) is 0 Å². The zero-order valence-corrected chi connectivity index (χ0v) is 16.7. The molecule has 150 valence electrons. The van der Waals surface area contributed by atoms with Crippen LogP contribution in [0.25, 0.3) is 0 Å². The maximum Gasteiger partial charge on any atom is 0.225 e. The van der Waals surface area contributed by atoms with Gasteiger partial charge in [0, 0.05) is 30.0 Å². The lowest BCUT2D eigenvalue weighted by Crippen LogP contribution is -2.38. The van der Waals surface area contributed by atoms with E-state index < -0.39 is 0 Å². The van der Waals surface area contributed by atoms with Gasteiger partial charge in [-0.25, -0.2) is 0 Å². The number of phenols is 1. The van der Waals surface area contributed by atoms with Gasteiger partial charge in [-0.2, -0.15) is 0 Å². The summed E-state index contributed by atoms with van der Waals surface area (Å²) in [7, 11) is 1.49. The number of ketones is 1. The number of hydrogen-bond donors (Lipinski definition) is 2. The second-order valence-corrected chi connectivity index (χ2v) is 7.75. The number of aryl methyl sites for hydroxylation is 1. The van der Waals surface area contributed by atoms with E-state index in [1.165, 1.54) is 12.7 Å². The zero-order valence-electron chi connectivity index (χ0n) is 16.7. The summed E-state index contributed by atoms with van der Waals surface area (Å²) in [6.45, 7) is 2.12. The molecule has 4 rings (SSSR count). The highest BCUT2D eigenvalue weighted by molar-refractivity contribution is 6.02. The summed E-state index contributed by atoms with van der Waals surface area (Å²) in [5, 5.41) is 13.1. The number of phenolic OH excluding ortho intramolecular Hbond substituents is 1. The average Bonchev–Trinajstić information content (AvgIpc) is 2.72. The first kappa shape index (κ1) is 19.2. The average molecular weight is 391 g/mol. The van der Waals surface area contributed by atoms with Crippen LogP contribution in [0.4, 0.5) is 0 Å². The van der Waals surface area contributed by atoms with Crippen LogP contribution in [0.5, 0.6) is 11.5 Å². The molecule has 0 spiro atoms. The molecule has 1 aliphatic heterocycles. The van der Waals surface area contributed by atoms with Gasteiger partial charge in [0.15, 0.2) is 17.3 Å². The Bertz CT molecular complexity index is 990. The van der Waals surface area contributed by atoms with Gasteiger partial charge in [-0.05, 0) is 47.6 Å². The predicted octanol–water partition coefficient (Wildman–Crippen LogP) is 3.97. The predicted molar refractivity (Wildman–Crippen MR) is 110 cm³/mol. The van der Waals surface area contributed by atoms with Crippen LogP contribution in [0.2, 0.25) is 0 Å². The standard InChI is InChI=1S/C24H25NO4/c1-3-14-4-6-15(7-5-14)17-10-19-24(21(27)12-17)18(13-23(28)25-19)16-8-9-22(29-2)20(26)11-16/h4-9,11,17-18,26H,3,10,12-13H2,1-2H3,(H,25,28). The number of Topliss-reactive ketones (excluding diaryl/α,β-unsaturated/α-hetero) is 1. The third-order valence-electron chi connectivity index (χ3n) is 6.00. The fourth-order valence-electron chi connectivity index (χ4n) is 4.43. The van der Waals surface area contributed by atoms with Crippen molar-refractivity contribution in [3.63, 3.8) is 0 Å². The Morgan fingerprint density at radius 1 is 1.03 bits per heavy atom. The smallest absolute Gasteiger partial charge is 0.225 e. The van der Waals surface area contributed by atoms with E-state index in [-0.39, 0.29) is 35.7 Å². The quantitative estimate of drug-likeness (QED) is 0.827. The monoisotopic (exact) mass is 391 g/mol. The molecule has 2 aromatic rings. The van der Waals surface area contributed by atoms with E-state index in [0.717, 1.165) is 23.2 Å². The lowest BCUT2D eigenvalue weighted by molar-refractivity contribution is -0.122. The minimum absolute atomic E-state index is 0.00952. The van der Waals surface area contributed by atoms with Crippen molar-refractivity contribution in [2.24, 2.45) is 0 Å². The van der Waals surface area contributed by atoms with Crippen molar-refractivity contribution in [2.45, 2.75) is 44.4 Å². The number of methoxy groups -OCH3 is 1. The van der Waals surface area contributed by atoms with E-state index in [2.05, 4.69) is 36.5 Å². The Morgan fingerprint density at radius 2 is 1.76 bits per heavy atom. The fraction of sp³-hybridized carbons (Fsp3) is 0.333. The molecule has 1 amide bonds. The van der Waals surface area contributed by atoms with Crippen molar-refractivity contribution >= 4 is 11.7 Å². The molecule has 0 saturated heterocycles. The third-order valence-corrected chi connectivity index (χ3v) is 6.00. The van der Waals surface area contributed by atoms with Crippen molar-refractivity contribution in [1.29, 1.82) is 0 Å². The zero-order chi connectivity index (χ0) is 20.5. The van der Waals surface area contributed by atoms with E-state index >= 15 is 0 Å². The summed E-state index contributed by atoms with van der Waals surface area (Å²) < 4.78 is 5.11. The molecule has 2 atom stereocenters. The van der Waals surface area contributed by atoms with Gasteiger partial charge < -0.3 is 15.2 Å². The van der Waals surface area contributed by atoms with Crippen molar-refractivity contribution in [2.75, 3.05) is 7.11 Å². The molecule has 0 fully saturated rings. The molecule has 0 bridgehead atoms. The summed E-state index contributed by atoms with van der Waals surface area (Å²) in [5.74, 6) is 0.0703. The number of rotatable bonds is 4. The second kappa shape index (κ2) is 7.74. The number of ether oxygens (including phenoxy) is 1. The topological polar surface area (TPSA) is 75.6 Å². The number of amides is 1. The Morgan fingerprint density at radius 3 is 2.41 bits per heavy atom. The third kappa shape index (κ3) is 3.65. The van der Waals surface area contributed by atoms with Gasteiger partial charge in [-0.1, -0.05) is 37.3 Å². The van der Waals surface area contributed by atoms with E-state index in [1.54, 1.807) is 12.1 Å². The first-order chi connectivity index (χ1) is 14.0. The highest BCUT2D eigenvalue weighted by atomic mass is 16.5. The number of carbonyl (C=O) groups excluding carboxylic acids is 2. The summed E-state index contributed by atoms with van der Waals surface area (Å²) in [6, 6.07) is 13.5. The van der Waals surface area contributed by atoms with E-state index in [1.807, 2.05) is 6.07 Å². The van der Waals surface area contributed by atoms with Crippen molar-refractivity contribution in [1.82, 2.24) is 5.32 Å².